The lowest BCUT2D eigenvalue weighted by atomic mass is 10.1. The number of anilines is 1. The Kier molecular flexibility index (Phi) is 7.46. The highest BCUT2D eigenvalue weighted by Gasteiger charge is 2.21. The van der Waals surface area contributed by atoms with E-state index in [0.29, 0.717) is 12.2 Å². The van der Waals surface area contributed by atoms with Gasteiger partial charge in [0.15, 0.2) is 0 Å². The third-order valence-electron chi connectivity index (χ3n) is 4.89. The molecule has 26 heavy (non-hydrogen) atoms. The van der Waals surface area contributed by atoms with Crippen molar-refractivity contribution < 1.29 is 13.2 Å². The Morgan fingerprint density at radius 3 is 2.46 bits per heavy atom. The van der Waals surface area contributed by atoms with Gasteiger partial charge in [-0.05, 0) is 76.0 Å². The number of amides is 1. The van der Waals surface area contributed by atoms with E-state index in [-0.39, 0.29) is 12.5 Å². The normalized spacial score (nSPS) is 15.7. The topological polar surface area (TPSA) is 69.7 Å². The average molecular weight is 382 g/mol. The molecule has 0 radical (unpaired) electrons. The number of piperidine rings is 1. The second-order valence-electron chi connectivity index (χ2n) is 7.14. The lowest BCUT2D eigenvalue weighted by Gasteiger charge is -2.26. The standard InChI is InChI=1S/C19H31N3O3S/c1-16-8-9-18(14-17(16)2)22(26(3,24)25)15-19(23)20-10-7-13-21-11-5-4-6-12-21/h8-9,14H,4-7,10-13,15H2,1-3H3,(H,20,23). The summed E-state index contributed by atoms with van der Waals surface area (Å²) >= 11 is 0. The molecule has 6 nitrogen and oxygen atoms in total. The number of carbonyl (C=O) groups excluding carboxylic acids is 1. The zero-order valence-corrected chi connectivity index (χ0v) is 16.9. The highest BCUT2D eigenvalue weighted by molar-refractivity contribution is 7.92. The maximum Gasteiger partial charge on any atom is 0.240 e. The van der Waals surface area contributed by atoms with Crippen molar-refractivity contribution >= 4 is 21.6 Å². The van der Waals surface area contributed by atoms with Gasteiger partial charge in [-0.1, -0.05) is 12.5 Å². The van der Waals surface area contributed by atoms with Crippen LogP contribution in [0, 0.1) is 13.8 Å². The molecule has 1 aliphatic rings. The molecule has 1 saturated heterocycles. The minimum absolute atomic E-state index is 0.189. The van der Waals surface area contributed by atoms with Crippen molar-refractivity contribution in [3.8, 4) is 0 Å². The van der Waals surface area contributed by atoms with E-state index < -0.39 is 10.0 Å². The first kappa shape index (κ1) is 20.7. The highest BCUT2D eigenvalue weighted by Crippen LogP contribution is 2.21. The monoisotopic (exact) mass is 381 g/mol. The van der Waals surface area contributed by atoms with Crippen LogP contribution < -0.4 is 9.62 Å². The molecule has 0 saturated carbocycles. The molecule has 1 aromatic carbocycles. The Labute approximate surface area is 157 Å². The Bertz CT molecular complexity index is 713. The maximum absolute atomic E-state index is 12.2. The molecule has 1 aromatic rings. The second kappa shape index (κ2) is 9.37. The van der Waals surface area contributed by atoms with Gasteiger partial charge < -0.3 is 10.2 Å². The van der Waals surface area contributed by atoms with Gasteiger partial charge in [0.25, 0.3) is 0 Å². The summed E-state index contributed by atoms with van der Waals surface area (Å²) in [6, 6.07) is 5.42. The zero-order chi connectivity index (χ0) is 19.2. The molecule has 0 spiro atoms. The van der Waals surface area contributed by atoms with Crippen LogP contribution in [-0.2, 0) is 14.8 Å². The number of aryl methyl sites for hydroxylation is 2. The van der Waals surface area contributed by atoms with Gasteiger partial charge in [-0.25, -0.2) is 8.42 Å². The first-order valence-electron chi connectivity index (χ1n) is 9.31. The predicted molar refractivity (Wildman–Crippen MR) is 106 cm³/mol. The lowest BCUT2D eigenvalue weighted by molar-refractivity contribution is -0.119. The van der Waals surface area contributed by atoms with Crippen molar-refractivity contribution in [3.05, 3.63) is 29.3 Å². The van der Waals surface area contributed by atoms with Crippen LogP contribution in [0.25, 0.3) is 0 Å². The SMILES string of the molecule is Cc1ccc(N(CC(=O)NCCCN2CCCCC2)S(C)(=O)=O)cc1C. The van der Waals surface area contributed by atoms with Crippen LogP contribution in [0.3, 0.4) is 0 Å². The molecule has 146 valence electrons. The average Bonchev–Trinajstić information content (AvgIpc) is 2.59. The molecule has 1 fully saturated rings. The minimum atomic E-state index is -3.53. The molecule has 1 N–H and O–H groups in total. The van der Waals surface area contributed by atoms with E-state index in [0.717, 1.165) is 43.4 Å². The van der Waals surface area contributed by atoms with Crippen molar-refractivity contribution in [3.63, 3.8) is 0 Å². The molecule has 1 heterocycles. The van der Waals surface area contributed by atoms with E-state index in [1.807, 2.05) is 19.9 Å². The Hall–Kier alpha value is -1.60. The summed E-state index contributed by atoms with van der Waals surface area (Å²) in [5.41, 5.74) is 2.61. The Balaban J connectivity index is 1.87. The van der Waals surface area contributed by atoms with Crippen LogP contribution in [0.2, 0.25) is 0 Å². The number of benzene rings is 1. The fourth-order valence-electron chi connectivity index (χ4n) is 3.18. The smallest absolute Gasteiger partial charge is 0.240 e. The zero-order valence-electron chi connectivity index (χ0n) is 16.1. The van der Waals surface area contributed by atoms with Gasteiger partial charge in [-0.15, -0.1) is 0 Å². The van der Waals surface area contributed by atoms with Gasteiger partial charge in [0.1, 0.15) is 6.54 Å². The van der Waals surface area contributed by atoms with Crippen LogP contribution in [-0.4, -0.2) is 58.2 Å². The predicted octanol–water partition coefficient (Wildman–Crippen LogP) is 2.06. The first-order chi connectivity index (χ1) is 12.3. The number of hydrogen-bond donors (Lipinski definition) is 1. The number of nitrogens with one attached hydrogen (secondary N) is 1. The van der Waals surface area contributed by atoms with E-state index in [4.69, 9.17) is 0 Å². The summed E-state index contributed by atoms with van der Waals surface area (Å²) in [6.45, 7) is 7.54. The van der Waals surface area contributed by atoms with E-state index in [2.05, 4.69) is 10.2 Å². The van der Waals surface area contributed by atoms with Crippen molar-refractivity contribution in [2.75, 3.05) is 43.3 Å². The Morgan fingerprint density at radius 1 is 1.15 bits per heavy atom. The summed E-state index contributed by atoms with van der Waals surface area (Å²) in [4.78, 5) is 14.7. The maximum atomic E-state index is 12.2. The number of likely N-dealkylation sites (tertiary alicyclic amines) is 1. The third kappa shape index (κ3) is 6.29. The van der Waals surface area contributed by atoms with Crippen molar-refractivity contribution in [2.45, 2.75) is 39.5 Å². The van der Waals surface area contributed by atoms with Crippen molar-refractivity contribution in [1.82, 2.24) is 10.2 Å². The lowest BCUT2D eigenvalue weighted by Crippen LogP contribution is -2.41. The fraction of sp³-hybridized carbons (Fsp3) is 0.632. The van der Waals surface area contributed by atoms with Gasteiger partial charge in [0, 0.05) is 6.54 Å². The van der Waals surface area contributed by atoms with Crippen LogP contribution in [0.4, 0.5) is 5.69 Å². The molecule has 0 atom stereocenters. The molecule has 1 amide bonds. The van der Waals surface area contributed by atoms with Crippen LogP contribution >= 0.6 is 0 Å². The third-order valence-corrected chi connectivity index (χ3v) is 6.03. The van der Waals surface area contributed by atoms with Crippen molar-refractivity contribution in [1.29, 1.82) is 0 Å². The van der Waals surface area contributed by atoms with E-state index >= 15 is 0 Å². The second-order valence-corrected chi connectivity index (χ2v) is 9.05. The largest absolute Gasteiger partial charge is 0.354 e. The molecule has 1 aliphatic heterocycles. The first-order valence-corrected chi connectivity index (χ1v) is 11.2. The molecule has 0 bridgehead atoms. The molecule has 0 unspecified atom stereocenters. The highest BCUT2D eigenvalue weighted by atomic mass is 32.2. The van der Waals surface area contributed by atoms with Crippen LogP contribution in [0.1, 0.15) is 36.8 Å². The van der Waals surface area contributed by atoms with Gasteiger partial charge in [0.2, 0.25) is 15.9 Å². The molecule has 2 rings (SSSR count). The molecular formula is C19H31N3O3S. The van der Waals surface area contributed by atoms with Gasteiger partial charge in [-0.3, -0.25) is 9.10 Å². The Morgan fingerprint density at radius 2 is 1.85 bits per heavy atom. The van der Waals surface area contributed by atoms with Gasteiger partial charge in [-0.2, -0.15) is 0 Å². The summed E-state index contributed by atoms with van der Waals surface area (Å²) in [5, 5.41) is 2.85. The molecule has 0 aromatic heterocycles. The van der Waals surface area contributed by atoms with Crippen LogP contribution in [0.15, 0.2) is 18.2 Å². The molecule has 0 aliphatic carbocycles. The summed E-state index contributed by atoms with van der Waals surface area (Å²) in [5.74, 6) is -0.271. The van der Waals surface area contributed by atoms with Gasteiger partial charge in [0.05, 0.1) is 11.9 Å². The van der Waals surface area contributed by atoms with Gasteiger partial charge >= 0.3 is 0 Å². The van der Waals surface area contributed by atoms with Crippen molar-refractivity contribution in [2.24, 2.45) is 0 Å². The van der Waals surface area contributed by atoms with E-state index in [1.54, 1.807) is 12.1 Å². The fourth-order valence-corrected chi connectivity index (χ4v) is 4.03. The number of hydrogen-bond acceptors (Lipinski definition) is 4. The van der Waals surface area contributed by atoms with Crippen LogP contribution in [0.5, 0.6) is 0 Å². The summed E-state index contributed by atoms with van der Waals surface area (Å²) < 4.78 is 25.4. The number of carbonyl (C=O) groups is 1. The van der Waals surface area contributed by atoms with E-state index in [9.17, 15) is 13.2 Å². The number of sulfonamides is 1. The molecular weight excluding hydrogens is 350 g/mol. The number of rotatable bonds is 8. The van der Waals surface area contributed by atoms with E-state index in [1.165, 1.54) is 23.6 Å². The summed E-state index contributed by atoms with van der Waals surface area (Å²) in [7, 11) is -3.53. The quantitative estimate of drug-likeness (QED) is 0.700. The molecule has 7 heteroatoms. The summed E-state index contributed by atoms with van der Waals surface area (Å²) in [6.07, 6.45) is 5.84. The minimum Gasteiger partial charge on any atom is -0.354 e. The number of nitrogens with zero attached hydrogens (tertiary/aromatic N) is 2.